The largest absolute Gasteiger partial charge is 0.366 e. The third-order valence-electron chi connectivity index (χ3n) is 2.94. The minimum absolute atomic E-state index is 0. The molecule has 5 nitrogen and oxygen atoms in total. The van der Waals surface area contributed by atoms with E-state index in [1.165, 1.54) is 0 Å². The predicted octanol–water partition coefficient (Wildman–Crippen LogP) is 2.11. The molecule has 1 rings (SSSR count). The number of carbonyl (C=O) groups is 1. The van der Waals surface area contributed by atoms with Crippen molar-refractivity contribution in [3.05, 3.63) is 35.4 Å². The smallest absolute Gasteiger partial charge is 0.248 e. The van der Waals surface area contributed by atoms with Crippen molar-refractivity contribution >= 4 is 35.8 Å². The average molecular weight is 404 g/mol. The fraction of sp³-hybridized carbons (Fsp3) is 0.467. The van der Waals surface area contributed by atoms with Crippen molar-refractivity contribution in [1.29, 1.82) is 0 Å². The molecule has 1 aromatic carbocycles. The molecule has 0 saturated heterocycles. The second-order valence-corrected chi connectivity index (χ2v) is 5.10. The van der Waals surface area contributed by atoms with E-state index in [9.17, 15) is 4.79 Å². The molecule has 0 radical (unpaired) electrons. The first-order chi connectivity index (χ1) is 9.52. The summed E-state index contributed by atoms with van der Waals surface area (Å²) in [6, 6.07) is 7.23. The van der Waals surface area contributed by atoms with Gasteiger partial charge in [0, 0.05) is 25.7 Å². The summed E-state index contributed by atoms with van der Waals surface area (Å²) in [4.78, 5) is 15.1. The summed E-state index contributed by atoms with van der Waals surface area (Å²) in [6.07, 6.45) is 1.11. The van der Waals surface area contributed by atoms with Gasteiger partial charge in [0.15, 0.2) is 5.96 Å². The van der Waals surface area contributed by atoms with Gasteiger partial charge in [0.05, 0.1) is 0 Å². The maximum atomic E-state index is 11.0. The molecule has 0 heterocycles. The number of aliphatic imine (C=N–C) groups is 1. The van der Waals surface area contributed by atoms with Gasteiger partial charge in [0.25, 0.3) is 0 Å². The number of nitrogens with one attached hydrogen (secondary N) is 2. The van der Waals surface area contributed by atoms with E-state index in [2.05, 4.69) is 29.5 Å². The van der Waals surface area contributed by atoms with Crippen LogP contribution in [-0.2, 0) is 6.54 Å². The standard InChI is InChI=1S/C15H24N4O.HI/c1-11(2)8-9-18-15(17-3)19-10-12-4-6-13(7-5-12)14(16)20;/h4-7,11H,8-10H2,1-3H3,(H2,16,20)(H2,17,18,19);1H. The number of hydrogen-bond donors (Lipinski definition) is 3. The summed E-state index contributed by atoms with van der Waals surface area (Å²) in [5.41, 5.74) is 6.80. The van der Waals surface area contributed by atoms with Gasteiger partial charge in [-0.05, 0) is 30.0 Å². The van der Waals surface area contributed by atoms with E-state index in [1.54, 1.807) is 19.2 Å². The van der Waals surface area contributed by atoms with Gasteiger partial charge in [-0.2, -0.15) is 0 Å². The van der Waals surface area contributed by atoms with Crippen molar-refractivity contribution in [2.75, 3.05) is 13.6 Å². The third kappa shape index (κ3) is 7.89. The minimum atomic E-state index is -0.407. The molecule has 1 aromatic rings. The lowest BCUT2D eigenvalue weighted by Crippen LogP contribution is -2.37. The first-order valence-corrected chi connectivity index (χ1v) is 6.86. The number of nitrogens with two attached hydrogens (primary N) is 1. The van der Waals surface area contributed by atoms with Crippen molar-refractivity contribution in [1.82, 2.24) is 10.6 Å². The SMILES string of the molecule is CN=C(NCCC(C)C)NCc1ccc(C(N)=O)cc1.I. The summed E-state index contributed by atoms with van der Waals surface area (Å²) in [5.74, 6) is 1.04. The number of rotatable bonds is 6. The molecule has 21 heavy (non-hydrogen) atoms. The quantitative estimate of drug-likeness (QED) is 0.386. The molecule has 0 fully saturated rings. The zero-order valence-electron chi connectivity index (χ0n) is 12.8. The van der Waals surface area contributed by atoms with Crippen LogP contribution in [0.3, 0.4) is 0 Å². The highest BCUT2D eigenvalue weighted by Gasteiger charge is 2.01. The average Bonchev–Trinajstić information content (AvgIpc) is 2.42. The zero-order chi connectivity index (χ0) is 15.0. The number of halogens is 1. The zero-order valence-corrected chi connectivity index (χ0v) is 15.2. The second kappa shape index (κ2) is 10.4. The minimum Gasteiger partial charge on any atom is -0.366 e. The summed E-state index contributed by atoms with van der Waals surface area (Å²) in [6.45, 7) is 5.94. The van der Waals surface area contributed by atoms with Gasteiger partial charge in [-0.3, -0.25) is 9.79 Å². The van der Waals surface area contributed by atoms with E-state index in [0.717, 1.165) is 24.5 Å². The number of carbonyl (C=O) groups excluding carboxylic acids is 1. The van der Waals surface area contributed by atoms with E-state index < -0.39 is 5.91 Å². The lowest BCUT2D eigenvalue weighted by Gasteiger charge is -2.13. The van der Waals surface area contributed by atoms with Crippen LogP contribution in [0.25, 0.3) is 0 Å². The summed E-state index contributed by atoms with van der Waals surface area (Å²) < 4.78 is 0. The fourth-order valence-electron chi connectivity index (χ4n) is 1.67. The molecule has 0 aliphatic heterocycles. The Hall–Kier alpha value is -1.31. The second-order valence-electron chi connectivity index (χ2n) is 5.10. The van der Waals surface area contributed by atoms with E-state index in [1.807, 2.05) is 12.1 Å². The molecule has 0 bridgehead atoms. The number of amides is 1. The van der Waals surface area contributed by atoms with Crippen LogP contribution in [0, 0.1) is 5.92 Å². The van der Waals surface area contributed by atoms with Crippen LogP contribution in [0.1, 0.15) is 36.2 Å². The molecule has 4 N–H and O–H groups in total. The van der Waals surface area contributed by atoms with Crippen molar-refractivity contribution in [3.63, 3.8) is 0 Å². The Morgan fingerprint density at radius 3 is 2.33 bits per heavy atom. The van der Waals surface area contributed by atoms with Crippen molar-refractivity contribution in [2.45, 2.75) is 26.8 Å². The van der Waals surface area contributed by atoms with Gasteiger partial charge in [0.2, 0.25) is 5.91 Å². The third-order valence-corrected chi connectivity index (χ3v) is 2.94. The Balaban J connectivity index is 0.00000400. The molecular formula is C15H25IN4O. The van der Waals surface area contributed by atoms with Gasteiger partial charge >= 0.3 is 0 Å². The van der Waals surface area contributed by atoms with Gasteiger partial charge in [-0.25, -0.2) is 0 Å². The van der Waals surface area contributed by atoms with Crippen molar-refractivity contribution < 1.29 is 4.79 Å². The number of hydrogen-bond acceptors (Lipinski definition) is 2. The van der Waals surface area contributed by atoms with Gasteiger partial charge in [-0.1, -0.05) is 26.0 Å². The molecule has 1 amide bonds. The molecular weight excluding hydrogens is 379 g/mol. The van der Waals surface area contributed by atoms with E-state index in [0.29, 0.717) is 18.0 Å². The maximum absolute atomic E-state index is 11.0. The Morgan fingerprint density at radius 1 is 1.24 bits per heavy atom. The maximum Gasteiger partial charge on any atom is 0.248 e. The van der Waals surface area contributed by atoms with Crippen LogP contribution in [-0.4, -0.2) is 25.5 Å². The predicted molar refractivity (Wildman–Crippen MR) is 98.0 cm³/mol. The molecule has 0 aliphatic carbocycles. The lowest BCUT2D eigenvalue weighted by atomic mass is 10.1. The Morgan fingerprint density at radius 2 is 1.86 bits per heavy atom. The van der Waals surface area contributed by atoms with Gasteiger partial charge < -0.3 is 16.4 Å². The summed E-state index contributed by atoms with van der Waals surface area (Å²) in [5, 5.41) is 6.50. The van der Waals surface area contributed by atoms with E-state index in [-0.39, 0.29) is 24.0 Å². The number of guanidine groups is 1. The van der Waals surface area contributed by atoms with Crippen LogP contribution >= 0.6 is 24.0 Å². The van der Waals surface area contributed by atoms with Crippen molar-refractivity contribution in [2.24, 2.45) is 16.6 Å². The highest BCUT2D eigenvalue weighted by atomic mass is 127. The molecule has 6 heteroatoms. The number of benzene rings is 1. The monoisotopic (exact) mass is 404 g/mol. The Kier molecular flexibility index (Phi) is 9.77. The first-order valence-electron chi connectivity index (χ1n) is 6.86. The number of nitrogens with zero attached hydrogens (tertiary/aromatic N) is 1. The Labute approximate surface area is 143 Å². The van der Waals surface area contributed by atoms with Crippen LogP contribution in [0.15, 0.2) is 29.3 Å². The van der Waals surface area contributed by atoms with Crippen molar-refractivity contribution in [3.8, 4) is 0 Å². The molecule has 0 saturated carbocycles. The molecule has 118 valence electrons. The van der Waals surface area contributed by atoms with E-state index in [4.69, 9.17) is 5.73 Å². The van der Waals surface area contributed by atoms with Crippen LogP contribution in [0.4, 0.5) is 0 Å². The highest BCUT2D eigenvalue weighted by molar-refractivity contribution is 14.0. The topological polar surface area (TPSA) is 79.5 Å². The van der Waals surface area contributed by atoms with Crippen LogP contribution < -0.4 is 16.4 Å². The molecule has 0 aromatic heterocycles. The fourth-order valence-corrected chi connectivity index (χ4v) is 1.67. The Bertz CT molecular complexity index is 457. The van der Waals surface area contributed by atoms with Crippen LogP contribution in [0.2, 0.25) is 0 Å². The molecule has 0 aliphatic rings. The summed E-state index contributed by atoms with van der Waals surface area (Å²) in [7, 11) is 1.75. The number of primary amides is 1. The summed E-state index contributed by atoms with van der Waals surface area (Å²) >= 11 is 0. The lowest BCUT2D eigenvalue weighted by molar-refractivity contribution is 0.100. The normalized spacial score (nSPS) is 11.0. The highest BCUT2D eigenvalue weighted by Crippen LogP contribution is 2.03. The van der Waals surface area contributed by atoms with Gasteiger partial charge in [0.1, 0.15) is 0 Å². The molecule has 0 unspecified atom stereocenters. The first kappa shape index (κ1) is 19.7. The van der Waals surface area contributed by atoms with Gasteiger partial charge in [-0.15, -0.1) is 24.0 Å². The molecule has 0 atom stereocenters. The van der Waals surface area contributed by atoms with E-state index >= 15 is 0 Å². The molecule has 0 spiro atoms. The van der Waals surface area contributed by atoms with Crippen LogP contribution in [0.5, 0.6) is 0 Å².